The summed E-state index contributed by atoms with van der Waals surface area (Å²) in [6.45, 7) is 1.87. The second-order valence-electron chi connectivity index (χ2n) is 5.10. The molecule has 2 N–H and O–H groups in total. The number of hydrogen-bond donors (Lipinski definition) is 1. The van der Waals surface area contributed by atoms with E-state index in [0.29, 0.717) is 17.4 Å². The van der Waals surface area contributed by atoms with Crippen molar-refractivity contribution < 1.29 is 4.39 Å². The molecule has 0 amide bonds. The van der Waals surface area contributed by atoms with Crippen molar-refractivity contribution in [3.63, 3.8) is 0 Å². The molecule has 2 heterocycles. The molecule has 0 spiro atoms. The monoisotopic (exact) mass is 272 g/mol. The number of aromatic nitrogens is 2. The van der Waals surface area contributed by atoms with Crippen LogP contribution in [0.3, 0.4) is 0 Å². The minimum atomic E-state index is -0.278. The van der Waals surface area contributed by atoms with Crippen molar-refractivity contribution in [2.45, 2.75) is 18.9 Å². The maximum absolute atomic E-state index is 13.2. The average molecular weight is 272 g/mol. The van der Waals surface area contributed by atoms with Crippen molar-refractivity contribution in [2.75, 3.05) is 18.0 Å². The summed E-state index contributed by atoms with van der Waals surface area (Å²) in [6.07, 6.45) is 5.57. The molecule has 0 radical (unpaired) electrons. The largest absolute Gasteiger partial charge is 0.369 e. The van der Waals surface area contributed by atoms with Crippen LogP contribution in [0.2, 0.25) is 0 Å². The van der Waals surface area contributed by atoms with Crippen molar-refractivity contribution >= 4 is 5.69 Å². The first-order valence-electron chi connectivity index (χ1n) is 6.81. The lowest BCUT2D eigenvalue weighted by Crippen LogP contribution is -2.39. The van der Waals surface area contributed by atoms with Crippen LogP contribution in [0.4, 0.5) is 10.1 Å². The van der Waals surface area contributed by atoms with Gasteiger partial charge < -0.3 is 10.6 Å². The van der Waals surface area contributed by atoms with Crippen LogP contribution in [0.25, 0.3) is 11.4 Å². The van der Waals surface area contributed by atoms with Crippen LogP contribution in [-0.2, 0) is 0 Å². The summed E-state index contributed by atoms with van der Waals surface area (Å²) >= 11 is 0. The highest BCUT2D eigenvalue weighted by Gasteiger charge is 2.16. The third-order valence-electron chi connectivity index (χ3n) is 3.63. The van der Waals surface area contributed by atoms with E-state index in [4.69, 9.17) is 5.73 Å². The van der Waals surface area contributed by atoms with Gasteiger partial charge in [0.2, 0.25) is 0 Å². The van der Waals surface area contributed by atoms with Crippen LogP contribution in [0.5, 0.6) is 0 Å². The molecular formula is C15H17FN4. The molecule has 0 atom stereocenters. The molecule has 0 saturated carbocycles. The lowest BCUT2D eigenvalue weighted by molar-refractivity contribution is 0.500. The average Bonchev–Trinajstić information content (AvgIpc) is 2.48. The Hall–Kier alpha value is -2.01. The lowest BCUT2D eigenvalue weighted by atomic mass is 10.1. The number of halogens is 1. The fourth-order valence-electron chi connectivity index (χ4n) is 2.42. The van der Waals surface area contributed by atoms with Gasteiger partial charge in [0, 0.05) is 24.7 Å². The maximum Gasteiger partial charge on any atom is 0.159 e. The molecular weight excluding hydrogens is 255 g/mol. The number of piperidine rings is 1. The van der Waals surface area contributed by atoms with Gasteiger partial charge in [-0.2, -0.15) is 0 Å². The normalized spacial score (nSPS) is 16.4. The Balaban J connectivity index is 1.78. The van der Waals surface area contributed by atoms with Gasteiger partial charge in [-0.1, -0.05) is 12.1 Å². The van der Waals surface area contributed by atoms with E-state index in [1.54, 1.807) is 24.5 Å². The van der Waals surface area contributed by atoms with Gasteiger partial charge in [-0.25, -0.2) is 14.4 Å². The van der Waals surface area contributed by atoms with E-state index < -0.39 is 0 Å². The number of benzene rings is 1. The van der Waals surface area contributed by atoms with Gasteiger partial charge in [-0.05, 0) is 25.0 Å². The Morgan fingerprint density at radius 3 is 2.50 bits per heavy atom. The number of hydrogen-bond acceptors (Lipinski definition) is 4. The van der Waals surface area contributed by atoms with E-state index in [1.807, 2.05) is 0 Å². The predicted octanol–water partition coefficient (Wildman–Crippen LogP) is 2.21. The first-order valence-corrected chi connectivity index (χ1v) is 6.81. The van der Waals surface area contributed by atoms with Gasteiger partial charge in [0.1, 0.15) is 5.82 Å². The molecule has 1 fully saturated rings. The van der Waals surface area contributed by atoms with Crippen LogP contribution in [0, 0.1) is 5.82 Å². The minimum Gasteiger partial charge on any atom is -0.369 e. The fourth-order valence-corrected chi connectivity index (χ4v) is 2.42. The molecule has 0 unspecified atom stereocenters. The molecule has 4 nitrogen and oxygen atoms in total. The summed E-state index contributed by atoms with van der Waals surface area (Å²) in [4.78, 5) is 10.9. The topological polar surface area (TPSA) is 55.0 Å². The molecule has 1 aromatic heterocycles. The quantitative estimate of drug-likeness (QED) is 0.910. The smallest absolute Gasteiger partial charge is 0.159 e. The van der Waals surface area contributed by atoms with Crippen molar-refractivity contribution in [1.29, 1.82) is 0 Å². The van der Waals surface area contributed by atoms with E-state index >= 15 is 0 Å². The molecule has 104 valence electrons. The zero-order valence-corrected chi connectivity index (χ0v) is 11.2. The summed E-state index contributed by atoms with van der Waals surface area (Å²) in [5.74, 6) is 0.266. The minimum absolute atomic E-state index is 0.278. The first kappa shape index (κ1) is 13.0. The summed E-state index contributed by atoms with van der Waals surface area (Å²) in [5.41, 5.74) is 7.59. The van der Waals surface area contributed by atoms with E-state index in [9.17, 15) is 4.39 Å². The molecule has 1 saturated heterocycles. The summed E-state index contributed by atoms with van der Waals surface area (Å²) in [7, 11) is 0. The van der Waals surface area contributed by atoms with Gasteiger partial charge >= 0.3 is 0 Å². The molecule has 0 aliphatic carbocycles. The van der Waals surface area contributed by atoms with Gasteiger partial charge in [0.15, 0.2) is 5.82 Å². The highest BCUT2D eigenvalue weighted by Crippen LogP contribution is 2.20. The number of nitrogens with two attached hydrogens (primary N) is 1. The fraction of sp³-hybridized carbons (Fsp3) is 0.333. The second kappa shape index (κ2) is 5.54. The summed E-state index contributed by atoms with van der Waals surface area (Å²) in [5, 5.41) is 0. The highest BCUT2D eigenvalue weighted by atomic mass is 19.1. The first-order chi connectivity index (χ1) is 9.72. The highest BCUT2D eigenvalue weighted by molar-refractivity contribution is 5.56. The van der Waals surface area contributed by atoms with Crippen molar-refractivity contribution in [2.24, 2.45) is 5.73 Å². The Morgan fingerprint density at radius 2 is 1.85 bits per heavy atom. The van der Waals surface area contributed by atoms with Gasteiger partial charge in [0.05, 0.1) is 18.1 Å². The van der Waals surface area contributed by atoms with Crippen LogP contribution in [0.15, 0.2) is 36.7 Å². The van der Waals surface area contributed by atoms with Crippen molar-refractivity contribution in [1.82, 2.24) is 9.97 Å². The molecule has 1 aromatic carbocycles. The Kier molecular flexibility index (Phi) is 3.60. The molecule has 1 aliphatic rings. The van der Waals surface area contributed by atoms with Gasteiger partial charge in [-0.3, -0.25) is 0 Å². The third kappa shape index (κ3) is 2.77. The van der Waals surface area contributed by atoms with Crippen molar-refractivity contribution in [3.05, 3.63) is 42.5 Å². The zero-order valence-electron chi connectivity index (χ0n) is 11.2. The molecule has 1 aliphatic heterocycles. The standard InChI is InChI=1S/C15H17FN4/c16-12-3-1-2-11(8-12)15-18-9-14(10-19-15)20-6-4-13(17)5-7-20/h1-3,8-10,13H,4-7,17H2. The van der Waals surface area contributed by atoms with Crippen LogP contribution in [0.1, 0.15) is 12.8 Å². The van der Waals surface area contributed by atoms with Crippen LogP contribution >= 0.6 is 0 Å². The Morgan fingerprint density at radius 1 is 1.15 bits per heavy atom. The molecule has 3 rings (SSSR count). The van der Waals surface area contributed by atoms with E-state index in [-0.39, 0.29) is 5.82 Å². The van der Waals surface area contributed by atoms with E-state index in [0.717, 1.165) is 31.6 Å². The van der Waals surface area contributed by atoms with E-state index in [1.165, 1.54) is 12.1 Å². The number of rotatable bonds is 2. The lowest BCUT2D eigenvalue weighted by Gasteiger charge is -2.31. The Labute approximate surface area is 117 Å². The molecule has 0 bridgehead atoms. The van der Waals surface area contributed by atoms with Gasteiger partial charge in [-0.15, -0.1) is 0 Å². The predicted molar refractivity (Wildman–Crippen MR) is 76.8 cm³/mol. The van der Waals surface area contributed by atoms with Crippen LogP contribution < -0.4 is 10.6 Å². The summed E-state index contributed by atoms with van der Waals surface area (Å²) in [6, 6.07) is 6.62. The molecule has 20 heavy (non-hydrogen) atoms. The Bertz CT molecular complexity index is 577. The van der Waals surface area contributed by atoms with Crippen molar-refractivity contribution in [3.8, 4) is 11.4 Å². The molecule has 5 heteroatoms. The maximum atomic E-state index is 13.2. The van der Waals surface area contributed by atoms with Crippen LogP contribution in [-0.4, -0.2) is 29.1 Å². The summed E-state index contributed by atoms with van der Waals surface area (Å²) < 4.78 is 13.2. The third-order valence-corrected chi connectivity index (χ3v) is 3.63. The zero-order chi connectivity index (χ0) is 13.9. The second-order valence-corrected chi connectivity index (χ2v) is 5.10. The number of nitrogens with zero attached hydrogens (tertiary/aromatic N) is 3. The number of anilines is 1. The van der Waals surface area contributed by atoms with Gasteiger partial charge in [0.25, 0.3) is 0 Å². The van der Waals surface area contributed by atoms with E-state index in [2.05, 4.69) is 14.9 Å². The SMILES string of the molecule is NC1CCN(c2cnc(-c3cccc(F)c3)nc2)CC1. The molecule has 2 aromatic rings.